The minimum absolute atomic E-state index is 0. The van der Waals surface area contributed by atoms with Crippen molar-refractivity contribution in [1.29, 1.82) is 0 Å². The minimum atomic E-state index is 0. The molecule has 4 heteroatoms. The van der Waals surface area contributed by atoms with Crippen molar-refractivity contribution >= 4 is 9.90 Å². The monoisotopic (exact) mass is 555 g/mol. The van der Waals surface area contributed by atoms with Crippen LogP contribution in [0.15, 0.2) is 0 Å². The fourth-order valence-electron chi connectivity index (χ4n) is 2.97. The summed E-state index contributed by atoms with van der Waals surface area (Å²) in [4.78, 5) is 0. The van der Waals surface area contributed by atoms with Crippen LogP contribution in [-0.4, -0.2) is 11.7 Å². The first kappa shape index (κ1) is 18.1. The van der Waals surface area contributed by atoms with Gasteiger partial charge in [0.25, 0.3) is 0 Å². The van der Waals surface area contributed by atoms with Gasteiger partial charge in [-0.05, 0) is 0 Å². The molecular weight excluding hydrogens is 535 g/mol. The Morgan fingerprint density at radius 3 is 2.21 bits per heavy atom. The van der Waals surface area contributed by atoms with Crippen LogP contribution in [0, 0.1) is 29.6 Å². The average Bonchev–Trinajstić information content (AvgIpc) is 2.53. The third kappa shape index (κ3) is 2.91. The molecule has 2 bridgehead atoms. The van der Waals surface area contributed by atoms with E-state index in [1.54, 1.807) is 5.92 Å². The van der Waals surface area contributed by atoms with Gasteiger partial charge >= 0.3 is 0 Å². The molecule has 0 heterocycles. The summed E-state index contributed by atoms with van der Waals surface area (Å²) < 4.78 is 0. The molecule has 0 aromatic heterocycles. The van der Waals surface area contributed by atoms with E-state index in [4.69, 9.17) is 5.11 Å². The van der Waals surface area contributed by atoms with Crippen LogP contribution in [-0.2, 0) is 42.1 Å². The van der Waals surface area contributed by atoms with Crippen molar-refractivity contribution in [3.63, 3.8) is 0 Å². The van der Waals surface area contributed by atoms with E-state index in [0.29, 0.717) is 12.5 Å². The molecule has 0 saturated heterocycles. The molecule has 0 spiro atoms. The van der Waals surface area contributed by atoms with Crippen molar-refractivity contribution in [2.45, 2.75) is 26.7 Å². The number of hydrogen-bond acceptors (Lipinski definition) is 1. The van der Waals surface area contributed by atoms with E-state index in [1.165, 1.54) is 12.8 Å². The van der Waals surface area contributed by atoms with Crippen LogP contribution >= 0.6 is 9.90 Å². The molecule has 0 aromatic rings. The standard InChI is InChI=1S/C10H17O.H3P.2W/c1-6-7(2)10-4-8(6)3-9(10)5-11;;;/h6-9,11H,3-5H2,1-2H3;1H3;;/q-1;;;. The first-order valence-corrected chi connectivity index (χ1v) is 4.70. The van der Waals surface area contributed by atoms with Crippen molar-refractivity contribution in [2.75, 3.05) is 6.61 Å². The van der Waals surface area contributed by atoms with E-state index < -0.39 is 0 Å². The summed E-state index contributed by atoms with van der Waals surface area (Å²) in [6.07, 6.45) is 2.57. The molecule has 5 atom stereocenters. The van der Waals surface area contributed by atoms with E-state index in [-0.39, 0.29) is 52.0 Å². The van der Waals surface area contributed by atoms with Crippen LogP contribution in [0.5, 0.6) is 0 Å². The molecule has 0 amide bonds. The van der Waals surface area contributed by atoms with Crippen LogP contribution in [0.25, 0.3) is 0 Å². The predicted octanol–water partition coefficient (Wildman–Crippen LogP) is 1.92. The summed E-state index contributed by atoms with van der Waals surface area (Å²) in [7, 11) is 0. The first-order chi connectivity index (χ1) is 5.24. The fourth-order valence-corrected chi connectivity index (χ4v) is 2.97. The normalized spacial score (nSPS) is 39.6. The molecular formula is C10H20OPW2-. The number of hydrogen-bond donors (Lipinski definition) is 1. The van der Waals surface area contributed by atoms with Gasteiger partial charge in [-0.1, -0.05) is 32.1 Å². The number of rotatable bonds is 1. The quantitative estimate of drug-likeness (QED) is 0.388. The molecule has 0 radical (unpaired) electrons. The zero-order chi connectivity index (χ0) is 8.01. The van der Waals surface area contributed by atoms with Gasteiger partial charge in [0.2, 0.25) is 0 Å². The summed E-state index contributed by atoms with van der Waals surface area (Å²) in [6.45, 7) is 5.07. The van der Waals surface area contributed by atoms with Crippen molar-refractivity contribution in [3.05, 3.63) is 5.92 Å². The Labute approximate surface area is 119 Å². The zero-order valence-electron chi connectivity index (χ0n) is 8.90. The van der Waals surface area contributed by atoms with Gasteiger partial charge in [0.15, 0.2) is 0 Å². The van der Waals surface area contributed by atoms with Gasteiger partial charge in [-0.3, -0.25) is 0 Å². The fraction of sp³-hybridized carbons (Fsp3) is 0.900. The summed E-state index contributed by atoms with van der Waals surface area (Å²) in [5, 5.41) is 9.07. The molecule has 1 nitrogen and oxygen atoms in total. The predicted molar refractivity (Wildman–Crippen MR) is 56.0 cm³/mol. The molecule has 14 heavy (non-hydrogen) atoms. The molecule has 1 N–H and O–H groups in total. The van der Waals surface area contributed by atoms with E-state index in [0.717, 1.165) is 17.8 Å². The molecule has 5 unspecified atom stereocenters. The topological polar surface area (TPSA) is 20.2 Å². The summed E-state index contributed by atoms with van der Waals surface area (Å²) in [5.74, 6) is 4.78. The van der Waals surface area contributed by atoms with Gasteiger partial charge in [0.1, 0.15) is 0 Å². The van der Waals surface area contributed by atoms with Crippen molar-refractivity contribution in [1.82, 2.24) is 0 Å². The van der Waals surface area contributed by atoms with E-state index >= 15 is 0 Å². The summed E-state index contributed by atoms with van der Waals surface area (Å²) in [5.41, 5.74) is 0. The Hall–Kier alpha value is 1.77. The van der Waals surface area contributed by atoms with Crippen LogP contribution in [0.3, 0.4) is 0 Å². The first-order valence-electron chi connectivity index (χ1n) is 4.70. The molecule has 2 aliphatic carbocycles. The number of aliphatic hydroxyl groups excluding tert-OH is 1. The van der Waals surface area contributed by atoms with Crippen LogP contribution in [0.1, 0.15) is 26.7 Å². The number of fused-ring (bicyclic) bond motifs is 2. The van der Waals surface area contributed by atoms with Gasteiger partial charge in [0, 0.05) is 48.7 Å². The Bertz CT molecular complexity index is 162. The SMILES string of the molecule is CC1[C-]2CC(CC2CO)C1C.P.[W].[W]. The van der Waals surface area contributed by atoms with Gasteiger partial charge in [0.05, 0.1) is 0 Å². The van der Waals surface area contributed by atoms with Crippen LogP contribution in [0.4, 0.5) is 0 Å². The van der Waals surface area contributed by atoms with Gasteiger partial charge in [-0.25, -0.2) is 0 Å². The Kier molecular flexibility index (Phi) is 9.28. The zero-order valence-corrected chi connectivity index (χ0v) is 16.2. The van der Waals surface area contributed by atoms with E-state index in [2.05, 4.69) is 13.8 Å². The summed E-state index contributed by atoms with van der Waals surface area (Å²) in [6, 6.07) is 0. The maximum atomic E-state index is 9.07. The maximum absolute atomic E-state index is 9.07. The third-order valence-electron chi connectivity index (χ3n) is 3.95. The molecule has 2 saturated carbocycles. The van der Waals surface area contributed by atoms with E-state index in [9.17, 15) is 0 Å². The smallest absolute Gasteiger partial charge is 0.0190 e. The minimum Gasteiger partial charge on any atom is -0.399 e. The van der Waals surface area contributed by atoms with Gasteiger partial charge < -0.3 is 11.0 Å². The van der Waals surface area contributed by atoms with Crippen molar-refractivity contribution in [3.8, 4) is 0 Å². The number of aliphatic hydroxyl groups is 1. The van der Waals surface area contributed by atoms with Gasteiger partial charge in [-0.15, -0.1) is 5.92 Å². The van der Waals surface area contributed by atoms with Crippen LogP contribution in [0.2, 0.25) is 0 Å². The molecule has 2 rings (SSSR count). The summed E-state index contributed by atoms with van der Waals surface area (Å²) >= 11 is 0. The van der Waals surface area contributed by atoms with Crippen molar-refractivity contribution in [2.24, 2.45) is 23.7 Å². The third-order valence-corrected chi connectivity index (χ3v) is 3.95. The molecule has 2 fully saturated rings. The van der Waals surface area contributed by atoms with E-state index in [1.807, 2.05) is 0 Å². The average molecular weight is 555 g/mol. The molecule has 0 aliphatic heterocycles. The Morgan fingerprint density at radius 2 is 1.86 bits per heavy atom. The largest absolute Gasteiger partial charge is 0.399 e. The molecule has 0 aromatic carbocycles. The van der Waals surface area contributed by atoms with Gasteiger partial charge in [-0.2, -0.15) is 22.2 Å². The second-order valence-electron chi connectivity index (χ2n) is 4.30. The van der Waals surface area contributed by atoms with Crippen molar-refractivity contribution < 1.29 is 47.2 Å². The Balaban J connectivity index is 0. The maximum Gasteiger partial charge on any atom is 0.0190 e. The second kappa shape index (κ2) is 7.16. The second-order valence-corrected chi connectivity index (χ2v) is 4.30. The molecule has 84 valence electrons. The van der Waals surface area contributed by atoms with Crippen LogP contribution < -0.4 is 0 Å². The molecule has 2 aliphatic rings. The Morgan fingerprint density at radius 1 is 1.29 bits per heavy atom.